The van der Waals surface area contributed by atoms with Crippen LogP contribution in [-0.2, 0) is 54.3 Å². The Hall–Kier alpha value is -5.63. The zero-order valence-electron chi connectivity index (χ0n) is 42.3. The largest absolute Gasteiger partial charge is 0.391 e. The van der Waals surface area contributed by atoms with Gasteiger partial charge in [-0.25, -0.2) is 0 Å². The summed E-state index contributed by atoms with van der Waals surface area (Å²) in [5.41, 5.74) is -0.0353. The minimum absolute atomic E-state index is 0.0240. The van der Waals surface area contributed by atoms with E-state index >= 15 is 0 Å². The first-order valence-electron chi connectivity index (χ1n) is 22.8. The number of rotatable bonds is 7. The minimum atomic E-state index is -1.58. The Bertz CT molecular complexity index is 1920. The van der Waals surface area contributed by atoms with E-state index in [9.17, 15) is 48.3 Å². The number of aliphatic hydroxyl groups is 1. The van der Waals surface area contributed by atoms with Crippen LogP contribution >= 0.6 is 0 Å². The topological polar surface area (TPSA) is 247 Å². The molecule has 376 valence electrons. The molecule has 1 aliphatic rings. The molecule has 0 bridgehead atoms. The number of nitrogens with one attached hydrogen (secondary N) is 4. The summed E-state index contributed by atoms with van der Waals surface area (Å²) in [6.07, 6.45) is -1.57. The molecule has 1 heterocycles. The monoisotopic (exact) mass is 944 g/mol. The van der Waals surface area contributed by atoms with Crippen LogP contribution in [0.15, 0.2) is 30.3 Å². The smallest absolute Gasteiger partial charge is 0.248 e. The Kier molecular flexibility index (Phi) is 21.4. The van der Waals surface area contributed by atoms with Crippen molar-refractivity contribution in [3.63, 3.8) is 0 Å². The van der Waals surface area contributed by atoms with Gasteiger partial charge in [0, 0.05) is 54.1 Å². The molecule has 10 atom stereocenters. The number of nitrogens with zero attached hydrogens (tertiary/aromatic N) is 5. The van der Waals surface area contributed by atoms with E-state index in [0.717, 1.165) is 14.7 Å². The van der Waals surface area contributed by atoms with Gasteiger partial charge in [0.1, 0.15) is 48.3 Å². The average Bonchev–Trinajstić information content (AvgIpc) is 3.26. The van der Waals surface area contributed by atoms with Crippen molar-refractivity contribution in [3.05, 3.63) is 35.9 Å². The molecule has 1 aromatic carbocycles. The van der Waals surface area contributed by atoms with Gasteiger partial charge in [-0.15, -0.1) is 0 Å². The van der Waals surface area contributed by atoms with Crippen molar-refractivity contribution in [2.75, 3.05) is 41.8 Å². The van der Waals surface area contributed by atoms with E-state index in [0.29, 0.717) is 5.56 Å². The van der Waals surface area contributed by atoms with Crippen LogP contribution in [0.2, 0.25) is 0 Å². The maximum absolute atomic E-state index is 14.4. The number of aliphatic hydroxyl groups excluding tert-OH is 1. The Morgan fingerprint density at radius 1 is 0.612 bits per heavy atom. The first-order chi connectivity index (χ1) is 30.9. The summed E-state index contributed by atoms with van der Waals surface area (Å²) in [6, 6.07) is -1.86. The first-order valence-corrected chi connectivity index (χ1v) is 22.8. The Morgan fingerprint density at radius 2 is 1.12 bits per heavy atom. The van der Waals surface area contributed by atoms with Gasteiger partial charge in [0.05, 0.1) is 18.3 Å². The molecular formula is C47H77N9O11. The summed E-state index contributed by atoms with van der Waals surface area (Å²) in [4.78, 5) is 131. The molecule has 0 spiro atoms. The third kappa shape index (κ3) is 16.3. The standard InChI is InChI=1S/C47H77N9O11/c1-26(2)22-35-41(61)50-34(25-67-47(9,10)11)40(60)48-27(3)23-37(58)49-28(4)42(62)53(13)30(6)44(64)56(16)36(24-33-20-18-17-19-21-33)45(65)52(12)29(5)39(59)51-38(32(8)57)46(66)54(14)31(7)43(63)55(35)15/h17-21,26-32,34-36,38,57H,22-25H2,1-16H3,(H,48,60)(H,49,58)(H,50,61)(H,51,59)/t27-,28+,29-,30-,31-,32+,34-,35-,36-,38-/m0/s1. The van der Waals surface area contributed by atoms with Crippen molar-refractivity contribution in [1.29, 1.82) is 0 Å². The Morgan fingerprint density at radius 3 is 1.63 bits per heavy atom. The maximum Gasteiger partial charge on any atom is 0.248 e. The molecule has 9 amide bonds. The van der Waals surface area contributed by atoms with E-state index < -0.39 is 119 Å². The van der Waals surface area contributed by atoms with E-state index in [-0.39, 0.29) is 31.8 Å². The number of carbonyl (C=O) groups excluding carboxylic acids is 9. The lowest BCUT2D eigenvalue weighted by molar-refractivity contribution is -0.152. The molecular weight excluding hydrogens is 867 g/mol. The van der Waals surface area contributed by atoms with Crippen LogP contribution in [0.4, 0.5) is 0 Å². The Labute approximate surface area is 396 Å². The van der Waals surface area contributed by atoms with Crippen molar-refractivity contribution in [2.24, 2.45) is 5.92 Å². The van der Waals surface area contributed by atoms with Crippen LogP contribution < -0.4 is 21.3 Å². The van der Waals surface area contributed by atoms with E-state index in [1.54, 1.807) is 58.0 Å². The minimum Gasteiger partial charge on any atom is -0.391 e. The molecule has 0 radical (unpaired) electrons. The van der Waals surface area contributed by atoms with Crippen LogP contribution in [-0.4, -0.2) is 191 Å². The van der Waals surface area contributed by atoms with Gasteiger partial charge in [-0.3, -0.25) is 43.2 Å². The SMILES string of the molecule is CC(C)C[C@H]1C(=O)N[C@@H](COC(C)(C)C)C(=O)N[C@@H](C)CC(=O)N[C@H](C)C(=O)N(C)[C@@H](C)C(=O)N(C)[C@@H](Cc2ccccc2)C(=O)N(C)[C@@H](C)C(=O)N[C@@H]([C@@H](C)O)C(=O)N(C)[C@@H](C)C(=O)N1C. The van der Waals surface area contributed by atoms with Gasteiger partial charge in [0.25, 0.3) is 0 Å². The first kappa shape index (κ1) is 57.5. The highest BCUT2D eigenvalue weighted by Gasteiger charge is 2.41. The second-order valence-corrected chi connectivity index (χ2v) is 19.2. The fourth-order valence-corrected chi connectivity index (χ4v) is 7.33. The van der Waals surface area contributed by atoms with Crippen LogP contribution in [0, 0.1) is 5.92 Å². The summed E-state index contributed by atoms with van der Waals surface area (Å²) in [5, 5.41) is 21.5. The third-order valence-electron chi connectivity index (χ3n) is 12.1. The van der Waals surface area contributed by atoms with Gasteiger partial charge < -0.3 is 55.6 Å². The Balaban J connectivity index is 2.70. The normalized spacial score (nSPS) is 27.9. The second kappa shape index (κ2) is 24.9. The molecule has 20 heteroatoms. The number of hydrogen-bond acceptors (Lipinski definition) is 11. The van der Waals surface area contributed by atoms with Crippen LogP contribution in [0.3, 0.4) is 0 Å². The fourth-order valence-electron chi connectivity index (χ4n) is 7.33. The molecule has 1 aliphatic heterocycles. The van der Waals surface area contributed by atoms with Gasteiger partial charge in [-0.05, 0) is 80.2 Å². The molecule has 67 heavy (non-hydrogen) atoms. The maximum atomic E-state index is 14.4. The number of likely N-dealkylation sites (N-methyl/N-ethyl adjacent to an activating group) is 5. The van der Waals surface area contributed by atoms with Gasteiger partial charge in [0.2, 0.25) is 53.2 Å². The summed E-state index contributed by atoms with van der Waals surface area (Å²) in [6.45, 7) is 17.3. The summed E-state index contributed by atoms with van der Waals surface area (Å²) in [5.74, 6) is -6.32. The van der Waals surface area contributed by atoms with E-state index in [1.165, 1.54) is 79.7 Å². The zero-order valence-corrected chi connectivity index (χ0v) is 42.3. The summed E-state index contributed by atoms with van der Waals surface area (Å²) in [7, 11) is 6.88. The average molecular weight is 944 g/mol. The highest BCUT2D eigenvalue weighted by Crippen LogP contribution is 2.18. The highest BCUT2D eigenvalue weighted by atomic mass is 16.5. The molecule has 1 aromatic rings. The predicted octanol–water partition coefficient (Wildman–Crippen LogP) is 0.0485. The van der Waals surface area contributed by atoms with Crippen LogP contribution in [0.25, 0.3) is 0 Å². The lowest BCUT2D eigenvalue weighted by atomic mass is 10.0. The van der Waals surface area contributed by atoms with Crippen molar-refractivity contribution >= 4 is 53.2 Å². The lowest BCUT2D eigenvalue weighted by Crippen LogP contribution is -2.62. The quantitative estimate of drug-likeness (QED) is 0.245. The van der Waals surface area contributed by atoms with Crippen molar-refractivity contribution in [2.45, 2.75) is 162 Å². The van der Waals surface area contributed by atoms with Gasteiger partial charge >= 0.3 is 0 Å². The van der Waals surface area contributed by atoms with Crippen LogP contribution in [0.5, 0.6) is 0 Å². The molecule has 2 rings (SSSR count). The molecule has 1 fully saturated rings. The summed E-state index contributed by atoms with van der Waals surface area (Å²) < 4.78 is 5.91. The van der Waals surface area contributed by atoms with E-state index in [2.05, 4.69) is 21.3 Å². The number of carbonyl (C=O) groups is 9. The van der Waals surface area contributed by atoms with Gasteiger partial charge in [0.15, 0.2) is 0 Å². The van der Waals surface area contributed by atoms with Crippen molar-refractivity contribution in [3.8, 4) is 0 Å². The molecule has 1 saturated heterocycles. The number of hydrogen-bond donors (Lipinski definition) is 5. The van der Waals surface area contributed by atoms with Crippen molar-refractivity contribution in [1.82, 2.24) is 45.8 Å². The number of amides is 9. The van der Waals surface area contributed by atoms with Gasteiger partial charge in [-0.2, -0.15) is 0 Å². The summed E-state index contributed by atoms with van der Waals surface area (Å²) >= 11 is 0. The third-order valence-corrected chi connectivity index (χ3v) is 12.1. The second-order valence-electron chi connectivity index (χ2n) is 19.2. The fraction of sp³-hybridized carbons (Fsp3) is 0.681. The number of benzene rings is 1. The molecule has 20 nitrogen and oxygen atoms in total. The van der Waals surface area contributed by atoms with Crippen molar-refractivity contribution < 1.29 is 53.0 Å². The molecule has 0 unspecified atom stereocenters. The molecule has 5 N–H and O–H groups in total. The number of ether oxygens (including phenoxy) is 1. The zero-order chi connectivity index (χ0) is 51.4. The highest BCUT2D eigenvalue weighted by molar-refractivity contribution is 5.98. The van der Waals surface area contributed by atoms with Crippen LogP contribution in [0.1, 0.15) is 94.6 Å². The molecule has 0 saturated carbocycles. The predicted molar refractivity (Wildman–Crippen MR) is 250 cm³/mol. The van der Waals surface area contributed by atoms with E-state index in [4.69, 9.17) is 4.74 Å². The van der Waals surface area contributed by atoms with E-state index in [1.807, 2.05) is 13.8 Å². The van der Waals surface area contributed by atoms with Gasteiger partial charge in [-0.1, -0.05) is 44.2 Å². The molecule has 0 aliphatic carbocycles. The lowest BCUT2D eigenvalue weighted by Gasteiger charge is -2.37. The molecule has 0 aromatic heterocycles.